The third kappa shape index (κ3) is 6.11. The number of benzene rings is 2. The molecule has 1 amide bonds. The van der Waals surface area contributed by atoms with Gasteiger partial charge in [0.15, 0.2) is 0 Å². The van der Waals surface area contributed by atoms with Crippen molar-refractivity contribution in [2.75, 3.05) is 18.8 Å². The van der Waals surface area contributed by atoms with Crippen LogP contribution in [0.15, 0.2) is 35.2 Å². The molecule has 3 nitrogen and oxygen atoms in total. The first-order valence-corrected chi connectivity index (χ1v) is 11.6. The van der Waals surface area contributed by atoms with Gasteiger partial charge in [-0.3, -0.25) is 9.69 Å². The highest BCUT2D eigenvalue weighted by atomic mass is 35.5. The number of thioether (sulfide) groups is 1. The molecular weight excluding hydrogens is 430 g/mol. The van der Waals surface area contributed by atoms with Crippen LogP contribution in [0.1, 0.15) is 47.7 Å². The van der Waals surface area contributed by atoms with Crippen molar-refractivity contribution in [2.24, 2.45) is 0 Å². The van der Waals surface area contributed by atoms with Crippen LogP contribution < -0.4 is 5.32 Å². The molecule has 3 rings (SSSR count). The molecule has 0 aromatic heterocycles. The van der Waals surface area contributed by atoms with E-state index in [1.54, 1.807) is 17.8 Å². The highest BCUT2D eigenvalue weighted by molar-refractivity contribution is 7.99. The summed E-state index contributed by atoms with van der Waals surface area (Å²) in [5.74, 6) is 0.128. The molecule has 1 saturated heterocycles. The van der Waals surface area contributed by atoms with Gasteiger partial charge in [-0.1, -0.05) is 36.5 Å². The zero-order valence-electron chi connectivity index (χ0n) is 16.4. The standard InChI is InChI=1S/C22H25Cl2FN2OS/c1-2-29-21-7-6-17(23)10-16(21)13-26-22(28)15-11-19(24)18(20(25)12-15)14-27-8-4-3-5-9-27/h6-7,10-12H,2-5,8-9,13-14H2,1H3,(H,26,28). The number of hydrogen-bond acceptors (Lipinski definition) is 3. The maximum Gasteiger partial charge on any atom is 0.251 e. The topological polar surface area (TPSA) is 32.3 Å². The summed E-state index contributed by atoms with van der Waals surface area (Å²) < 4.78 is 14.7. The summed E-state index contributed by atoms with van der Waals surface area (Å²) >= 11 is 14.1. The van der Waals surface area contributed by atoms with Gasteiger partial charge in [0.05, 0.1) is 0 Å². The molecule has 2 aromatic carbocycles. The van der Waals surface area contributed by atoms with Crippen molar-refractivity contribution in [2.45, 2.75) is 44.2 Å². The van der Waals surface area contributed by atoms with Crippen LogP contribution in [-0.4, -0.2) is 29.6 Å². The number of nitrogens with zero attached hydrogens (tertiary/aromatic N) is 1. The molecular formula is C22H25Cl2FN2OS. The van der Waals surface area contributed by atoms with Gasteiger partial charge in [0, 0.05) is 39.2 Å². The van der Waals surface area contributed by atoms with E-state index in [1.807, 2.05) is 18.2 Å². The maximum absolute atomic E-state index is 14.7. The van der Waals surface area contributed by atoms with Gasteiger partial charge in [-0.05, 0) is 67.6 Å². The van der Waals surface area contributed by atoms with Gasteiger partial charge in [-0.25, -0.2) is 4.39 Å². The van der Waals surface area contributed by atoms with Crippen molar-refractivity contribution in [1.29, 1.82) is 0 Å². The highest BCUT2D eigenvalue weighted by Crippen LogP contribution is 2.27. The summed E-state index contributed by atoms with van der Waals surface area (Å²) in [7, 11) is 0. The molecule has 0 bridgehead atoms. The first kappa shape index (κ1) is 22.4. The molecule has 0 unspecified atom stereocenters. The molecule has 1 heterocycles. The predicted molar refractivity (Wildman–Crippen MR) is 120 cm³/mol. The molecule has 156 valence electrons. The van der Waals surface area contributed by atoms with E-state index in [0.717, 1.165) is 42.1 Å². The number of nitrogens with one attached hydrogen (secondary N) is 1. The Bertz CT molecular complexity index is 849. The van der Waals surface area contributed by atoms with E-state index in [9.17, 15) is 9.18 Å². The molecule has 1 N–H and O–H groups in total. The molecule has 0 saturated carbocycles. The van der Waals surface area contributed by atoms with Crippen LogP contribution in [0.3, 0.4) is 0 Å². The number of rotatable bonds is 7. The smallest absolute Gasteiger partial charge is 0.251 e. The quantitative estimate of drug-likeness (QED) is 0.508. The number of amides is 1. The van der Waals surface area contributed by atoms with Crippen LogP contribution in [0.2, 0.25) is 10.0 Å². The normalized spacial score (nSPS) is 14.8. The van der Waals surface area contributed by atoms with Gasteiger partial charge < -0.3 is 5.32 Å². The lowest BCUT2D eigenvalue weighted by Gasteiger charge is -2.27. The summed E-state index contributed by atoms with van der Waals surface area (Å²) in [6, 6.07) is 8.46. The summed E-state index contributed by atoms with van der Waals surface area (Å²) in [6.07, 6.45) is 3.47. The zero-order valence-corrected chi connectivity index (χ0v) is 18.8. The van der Waals surface area contributed by atoms with Gasteiger partial charge in [0.2, 0.25) is 0 Å². The molecule has 0 spiro atoms. The van der Waals surface area contributed by atoms with Gasteiger partial charge in [0.25, 0.3) is 5.91 Å². The number of piperidine rings is 1. The Kier molecular flexibility index (Phi) is 8.25. The second kappa shape index (κ2) is 10.7. The number of likely N-dealkylation sites (tertiary alicyclic amines) is 1. The summed E-state index contributed by atoms with van der Waals surface area (Å²) in [5.41, 5.74) is 1.62. The van der Waals surface area contributed by atoms with E-state index in [4.69, 9.17) is 23.2 Å². The highest BCUT2D eigenvalue weighted by Gasteiger charge is 2.18. The van der Waals surface area contributed by atoms with E-state index in [-0.39, 0.29) is 11.5 Å². The molecule has 29 heavy (non-hydrogen) atoms. The minimum Gasteiger partial charge on any atom is -0.348 e. The number of hydrogen-bond donors (Lipinski definition) is 1. The molecule has 1 aliphatic heterocycles. The minimum atomic E-state index is -0.432. The Hall–Kier alpha value is -1.27. The SMILES string of the molecule is CCSc1ccc(Cl)cc1CNC(=O)c1cc(F)c(CN2CCCCC2)c(Cl)c1. The molecule has 1 fully saturated rings. The zero-order chi connectivity index (χ0) is 20.8. The van der Waals surface area contributed by atoms with Crippen LogP contribution in [0.5, 0.6) is 0 Å². The second-order valence-corrected chi connectivity index (χ2v) is 9.27. The minimum absolute atomic E-state index is 0.224. The van der Waals surface area contributed by atoms with E-state index in [0.29, 0.717) is 28.7 Å². The van der Waals surface area contributed by atoms with Crippen LogP contribution in [0.25, 0.3) is 0 Å². The van der Waals surface area contributed by atoms with E-state index >= 15 is 0 Å². The first-order valence-electron chi connectivity index (χ1n) is 9.87. The van der Waals surface area contributed by atoms with E-state index < -0.39 is 5.82 Å². The lowest BCUT2D eigenvalue weighted by Crippen LogP contribution is -2.29. The van der Waals surface area contributed by atoms with Crippen molar-refractivity contribution in [3.63, 3.8) is 0 Å². The average molecular weight is 455 g/mol. The molecule has 1 aliphatic rings. The van der Waals surface area contributed by atoms with Gasteiger partial charge in [-0.2, -0.15) is 0 Å². The molecule has 7 heteroatoms. The second-order valence-electron chi connectivity index (χ2n) is 7.12. The Morgan fingerprint density at radius 2 is 1.93 bits per heavy atom. The Morgan fingerprint density at radius 3 is 2.62 bits per heavy atom. The van der Waals surface area contributed by atoms with Gasteiger partial charge in [-0.15, -0.1) is 11.8 Å². The third-order valence-electron chi connectivity index (χ3n) is 5.00. The fraction of sp³-hybridized carbons (Fsp3) is 0.409. The van der Waals surface area contributed by atoms with Crippen molar-refractivity contribution in [1.82, 2.24) is 10.2 Å². The molecule has 0 radical (unpaired) electrons. The predicted octanol–water partition coefficient (Wildman–Crippen LogP) is 6.16. The first-order chi connectivity index (χ1) is 14.0. The maximum atomic E-state index is 14.7. The molecule has 0 atom stereocenters. The van der Waals surface area contributed by atoms with Gasteiger partial charge in [0.1, 0.15) is 5.82 Å². The van der Waals surface area contributed by atoms with Crippen molar-refractivity contribution >= 4 is 40.9 Å². The van der Waals surface area contributed by atoms with Crippen LogP contribution in [0.4, 0.5) is 4.39 Å². The van der Waals surface area contributed by atoms with Crippen molar-refractivity contribution in [3.05, 3.63) is 62.9 Å². The summed E-state index contributed by atoms with van der Waals surface area (Å²) in [6.45, 7) is 4.77. The van der Waals surface area contributed by atoms with E-state index in [1.165, 1.54) is 12.5 Å². The van der Waals surface area contributed by atoms with Crippen molar-refractivity contribution in [3.8, 4) is 0 Å². The van der Waals surface area contributed by atoms with Crippen LogP contribution in [-0.2, 0) is 13.1 Å². The number of carbonyl (C=O) groups is 1. The average Bonchev–Trinajstić information content (AvgIpc) is 2.71. The molecule has 0 aliphatic carbocycles. The fourth-order valence-electron chi connectivity index (χ4n) is 3.49. The fourth-order valence-corrected chi connectivity index (χ4v) is 4.74. The third-order valence-corrected chi connectivity index (χ3v) is 6.57. The Morgan fingerprint density at radius 1 is 1.17 bits per heavy atom. The lowest BCUT2D eigenvalue weighted by molar-refractivity contribution is 0.0950. The van der Waals surface area contributed by atoms with Gasteiger partial charge >= 0.3 is 0 Å². The lowest BCUT2D eigenvalue weighted by atomic mass is 10.1. The van der Waals surface area contributed by atoms with E-state index in [2.05, 4.69) is 17.1 Å². The number of carbonyl (C=O) groups excluding carboxylic acids is 1. The Labute approximate surface area is 185 Å². The summed E-state index contributed by atoms with van der Waals surface area (Å²) in [5, 5.41) is 3.76. The Balaban J connectivity index is 1.69. The monoisotopic (exact) mass is 454 g/mol. The van der Waals surface area contributed by atoms with Crippen LogP contribution >= 0.6 is 35.0 Å². The summed E-state index contributed by atoms with van der Waals surface area (Å²) in [4.78, 5) is 15.9. The van der Waals surface area contributed by atoms with Crippen molar-refractivity contribution < 1.29 is 9.18 Å². The largest absolute Gasteiger partial charge is 0.348 e. The number of halogens is 3. The molecule has 2 aromatic rings. The van der Waals surface area contributed by atoms with Crippen LogP contribution in [0, 0.1) is 5.82 Å².